The van der Waals surface area contributed by atoms with Crippen molar-refractivity contribution in [2.75, 3.05) is 11.9 Å². The van der Waals surface area contributed by atoms with Crippen molar-refractivity contribution >= 4 is 11.7 Å². The summed E-state index contributed by atoms with van der Waals surface area (Å²) in [7, 11) is 0. The molecule has 1 saturated heterocycles. The molecule has 1 unspecified atom stereocenters. The number of benzene rings is 1. The highest BCUT2D eigenvalue weighted by Gasteiger charge is 2.30. The highest BCUT2D eigenvalue weighted by Crippen LogP contribution is 2.34. The van der Waals surface area contributed by atoms with Gasteiger partial charge in [-0.25, -0.2) is 14.8 Å². The van der Waals surface area contributed by atoms with Gasteiger partial charge in [-0.2, -0.15) is 0 Å². The summed E-state index contributed by atoms with van der Waals surface area (Å²) in [6.45, 7) is 9.07. The Balaban J connectivity index is 1.73. The number of aryl methyl sites for hydroxylation is 1. The van der Waals surface area contributed by atoms with Crippen molar-refractivity contribution in [3.8, 4) is 0 Å². The van der Waals surface area contributed by atoms with Gasteiger partial charge in [-0.3, -0.25) is 0 Å². The molecule has 1 N–H and O–H groups in total. The zero-order valence-electron chi connectivity index (χ0n) is 15.4. The minimum absolute atomic E-state index is 0.0853. The van der Waals surface area contributed by atoms with E-state index in [1.54, 1.807) is 12.4 Å². The molecule has 2 amide bonds. The number of nitrogens with one attached hydrogen (secondary N) is 1. The maximum absolute atomic E-state index is 12.8. The summed E-state index contributed by atoms with van der Waals surface area (Å²) < 4.78 is 0. The molecule has 1 aromatic heterocycles. The summed E-state index contributed by atoms with van der Waals surface area (Å²) in [6.07, 6.45) is 5.39. The van der Waals surface area contributed by atoms with Gasteiger partial charge in [-0.15, -0.1) is 0 Å². The number of likely N-dealkylation sites (tertiary alicyclic amines) is 1. The second kappa shape index (κ2) is 6.82. The number of nitrogens with zero attached hydrogens (tertiary/aromatic N) is 3. The summed E-state index contributed by atoms with van der Waals surface area (Å²) in [5.41, 5.74) is 2.99. The zero-order chi connectivity index (χ0) is 18.0. The molecule has 1 aliphatic rings. The van der Waals surface area contributed by atoms with Crippen molar-refractivity contribution in [1.82, 2.24) is 14.9 Å². The number of amides is 2. The van der Waals surface area contributed by atoms with Gasteiger partial charge in [-0.05, 0) is 30.9 Å². The van der Waals surface area contributed by atoms with Gasteiger partial charge in [0, 0.05) is 12.0 Å². The van der Waals surface area contributed by atoms with Crippen LogP contribution in [0.1, 0.15) is 56.6 Å². The number of carbonyl (C=O) groups is 1. The fourth-order valence-electron chi connectivity index (χ4n) is 3.27. The van der Waals surface area contributed by atoms with Gasteiger partial charge in [0.25, 0.3) is 0 Å². The molecule has 2 aromatic rings. The van der Waals surface area contributed by atoms with E-state index in [1.165, 1.54) is 11.1 Å². The van der Waals surface area contributed by atoms with Crippen LogP contribution in [0.3, 0.4) is 0 Å². The van der Waals surface area contributed by atoms with Crippen LogP contribution in [-0.4, -0.2) is 27.4 Å². The van der Waals surface area contributed by atoms with Crippen molar-refractivity contribution in [2.45, 2.75) is 52.0 Å². The first-order valence-electron chi connectivity index (χ1n) is 8.82. The molecule has 0 saturated carbocycles. The van der Waals surface area contributed by atoms with E-state index in [1.807, 2.05) is 17.0 Å². The van der Waals surface area contributed by atoms with Crippen molar-refractivity contribution in [2.24, 2.45) is 0 Å². The molecule has 1 atom stereocenters. The van der Waals surface area contributed by atoms with Crippen LogP contribution < -0.4 is 5.32 Å². The van der Waals surface area contributed by atoms with Gasteiger partial charge in [-0.1, -0.05) is 45.0 Å². The van der Waals surface area contributed by atoms with E-state index in [2.05, 4.69) is 55.1 Å². The molecule has 5 heteroatoms. The van der Waals surface area contributed by atoms with Crippen molar-refractivity contribution in [3.63, 3.8) is 0 Å². The largest absolute Gasteiger partial charge is 0.322 e. The van der Waals surface area contributed by atoms with Gasteiger partial charge in [0.1, 0.15) is 5.82 Å². The first kappa shape index (κ1) is 17.4. The van der Waals surface area contributed by atoms with Crippen molar-refractivity contribution in [1.29, 1.82) is 0 Å². The standard InChI is InChI=1S/C20H26N4O/c1-14-8-5-6-9-16(14)17-10-7-11-24(17)19(25)23-15-12-21-18(22-13-15)20(2,3)4/h5-6,8-9,12-13,17H,7,10-11H2,1-4H3,(H,23,25). The van der Waals surface area contributed by atoms with Crippen LogP contribution in [0.2, 0.25) is 0 Å². The van der Waals surface area contributed by atoms with Crippen LogP contribution in [0.25, 0.3) is 0 Å². The number of rotatable bonds is 2. The van der Waals surface area contributed by atoms with Gasteiger partial charge >= 0.3 is 6.03 Å². The molecule has 0 bridgehead atoms. The summed E-state index contributed by atoms with van der Waals surface area (Å²) in [5.74, 6) is 0.768. The Morgan fingerprint density at radius 1 is 1.20 bits per heavy atom. The third-order valence-electron chi connectivity index (χ3n) is 4.64. The zero-order valence-corrected chi connectivity index (χ0v) is 15.4. The van der Waals surface area contributed by atoms with Gasteiger partial charge < -0.3 is 10.2 Å². The van der Waals surface area contributed by atoms with E-state index < -0.39 is 0 Å². The fraction of sp³-hybridized carbons (Fsp3) is 0.450. The van der Waals surface area contributed by atoms with E-state index in [0.717, 1.165) is 25.2 Å². The molecule has 0 spiro atoms. The van der Waals surface area contributed by atoms with Crippen molar-refractivity contribution < 1.29 is 4.79 Å². The maximum atomic E-state index is 12.8. The molecule has 0 aliphatic carbocycles. The SMILES string of the molecule is Cc1ccccc1C1CCCN1C(=O)Nc1cnc(C(C)(C)C)nc1. The molecule has 5 nitrogen and oxygen atoms in total. The van der Waals surface area contributed by atoms with Gasteiger partial charge in [0.15, 0.2) is 0 Å². The van der Waals surface area contributed by atoms with E-state index in [0.29, 0.717) is 5.69 Å². The molecule has 1 aromatic carbocycles. The Bertz CT molecular complexity index is 749. The normalized spacial score (nSPS) is 17.6. The third-order valence-corrected chi connectivity index (χ3v) is 4.64. The summed E-state index contributed by atoms with van der Waals surface area (Å²) >= 11 is 0. The average Bonchev–Trinajstić information content (AvgIpc) is 3.04. The Hall–Kier alpha value is -2.43. The maximum Gasteiger partial charge on any atom is 0.322 e. The van der Waals surface area contributed by atoms with E-state index in [4.69, 9.17) is 0 Å². The van der Waals surface area contributed by atoms with Crippen LogP contribution >= 0.6 is 0 Å². The fourth-order valence-corrected chi connectivity index (χ4v) is 3.27. The monoisotopic (exact) mass is 338 g/mol. The smallest absolute Gasteiger partial charge is 0.317 e. The molecule has 1 fully saturated rings. The number of hydrogen-bond acceptors (Lipinski definition) is 3. The quantitative estimate of drug-likeness (QED) is 0.880. The summed E-state index contributed by atoms with van der Waals surface area (Å²) in [6, 6.07) is 8.34. The summed E-state index contributed by atoms with van der Waals surface area (Å²) in [4.78, 5) is 23.4. The van der Waals surface area contributed by atoms with E-state index >= 15 is 0 Å². The van der Waals surface area contributed by atoms with Crippen LogP contribution in [0.15, 0.2) is 36.7 Å². The molecule has 1 aliphatic heterocycles. The third kappa shape index (κ3) is 3.81. The Morgan fingerprint density at radius 3 is 2.52 bits per heavy atom. The topological polar surface area (TPSA) is 58.1 Å². The van der Waals surface area contributed by atoms with E-state index in [9.17, 15) is 4.79 Å². The Morgan fingerprint density at radius 2 is 1.88 bits per heavy atom. The number of anilines is 1. The second-order valence-corrected chi connectivity index (χ2v) is 7.68. The predicted molar refractivity (Wildman–Crippen MR) is 99.6 cm³/mol. The first-order valence-corrected chi connectivity index (χ1v) is 8.82. The second-order valence-electron chi connectivity index (χ2n) is 7.68. The molecular weight excluding hydrogens is 312 g/mol. The molecule has 2 heterocycles. The predicted octanol–water partition coefficient (Wildman–Crippen LogP) is 4.45. The molecule has 132 valence electrons. The lowest BCUT2D eigenvalue weighted by molar-refractivity contribution is 0.207. The molecule has 3 rings (SSSR count). The number of aromatic nitrogens is 2. The van der Waals surface area contributed by atoms with E-state index in [-0.39, 0.29) is 17.5 Å². The molecular formula is C20H26N4O. The van der Waals surface area contributed by atoms with Crippen LogP contribution in [0, 0.1) is 6.92 Å². The lowest BCUT2D eigenvalue weighted by Gasteiger charge is -2.26. The minimum Gasteiger partial charge on any atom is -0.317 e. The Labute approximate surface area is 149 Å². The number of urea groups is 1. The first-order chi connectivity index (χ1) is 11.9. The lowest BCUT2D eigenvalue weighted by Crippen LogP contribution is -2.34. The Kier molecular flexibility index (Phi) is 4.75. The van der Waals surface area contributed by atoms with Crippen molar-refractivity contribution in [3.05, 3.63) is 53.6 Å². The lowest BCUT2D eigenvalue weighted by atomic mass is 9.96. The van der Waals surface area contributed by atoms with Crippen LogP contribution in [0.4, 0.5) is 10.5 Å². The molecule has 25 heavy (non-hydrogen) atoms. The summed E-state index contributed by atoms with van der Waals surface area (Å²) in [5, 5.41) is 2.94. The van der Waals surface area contributed by atoms with Gasteiger partial charge in [0.2, 0.25) is 0 Å². The van der Waals surface area contributed by atoms with Gasteiger partial charge in [0.05, 0.1) is 24.1 Å². The highest BCUT2D eigenvalue weighted by atomic mass is 16.2. The highest BCUT2D eigenvalue weighted by molar-refractivity contribution is 5.89. The van der Waals surface area contributed by atoms with Crippen LogP contribution in [0.5, 0.6) is 0 Å². The average molecular weight is 338 g/mol. The molecule has 0 radical (unpaired) electrons. The number of hydrogen-bond donors (Lipinski definition) is 1. The van der Waals surface area contributed by atoms with Crippen LogP contribution in [-0.2, 0) is 5.41 Å². The number of carbonyl (C=O) groups excluding carboxylic acids is 1. The minimum atomic E-state index is -0.104.